The lowest BCUT2D eigenvalue weighted by Crippen LogP contribution is -2.14. The number of carbonyl (C=O) groups excluding carboxylic acids is 1. The highest BCUT2D eigenvalue weighted by atomic mass is 32.2. The molecule has 0 unspecified atom stereocenters. The van der Waals surface area contributed by atoms with Crippen LogP contribution in [0.1, 0.15) is 5.56 Å². The lowest BCUT2D eigenvalue weighted by atomic mass is 10.1. The fourth-order valence-corrected chi connectivity index (χ4v) is 5.67. The van der Waals surface area contributed by atoms with Crippen molar-refractivity contribution in [2.45, 2.75) is 15.7 Å². The summed E-state index contributed by atoms with van der Waals surface area (Å²) in [7, 11) is 0. The molecule has 0 saturated heterocycles. The van der Waals surface area contributed by atoms with Crippen molar-refractivity contribution in [3.8, 4) is 0 Å². The van der Waals surface area contributed by atoms with Crippen molar-refractivity contribution in [1.29, 1.82) is 0 Å². The van der Waals surface area contributed by atoms with Crippen LogP contribution in [0.25, 0.3) is 20.4 Å². The first-order valence-corrected chi connectivity index (χ1v) is 11.9. The Kier molecular flexibility index (Phi) is 5.17. The molecule has 132 valence electrons. The van der Waals surface area contributed by atoms with Gasteiger partial charge in [0.15, 0.2) is 9.47 Å². The third-order valence-corrected chi connectivity index (χ3v) is 7.79. The number of amides is 1. The Bertz CT molecular complexity index is 1090. The lowest BCUT2D eigenvalue weighted by Gasteiger charge is -2.03. The average Bonchev–Trinajstić information content (AvgIpc) is 3.24. The first-order valence-electron chi connectivity index (χ1n) is 7.83. The SMILES string of the molecule is CSc1ccc(CC(=O)Nc2nc3ccc4nc(SC)sc4c3s2)cc1. The Morgan fingerprint density at radius 3 is 2.35 bits per heavy atom. The Hall–Kier alpha value is -1.61. The molecule has 0 radical (unpaired) electrons. The second-order valence-corrected chi connectivity index (χ2v) is 9.47. The van der Waals surface area contributed by atoms with Crippen molar-refractivity contribution in [2.24, 2.45) is 0 Å². The molecule has 2 heterocycles. The number of hydrogen-bond acceptors (Lipinski definition) is 7. The first kappa shape index (κ1) is 17.8. The van der Waals surface area contributed by atoms with E-state index in [-0.39, 0.29) is 5.91 Å². The molecule has 2 aromatic carbocycles. The molecule has 4 rings (SSSR count). The molecule has 26 heavy (non-hydrogen) atoms. The summed E-state index contributed by atoms with van der Waals surface area (Å²) in [4.78, 5) is 22.7. The van der Waals surface area contributed by atoms with Crippen LogP contribution in [0.5, 0.6) is 0 Å². The van der Waals surface area contributed by atoms with Gasteiger partial charge in [-0.25, -0.2) is 9.97 Å². The van der Waals surface area contributed by atoms with Crippen LogP contribution in [-0.4, -0.2) is 28.4 Å². The van der Waals surface area contributed by atoms with E-state index >= 15 is 0 Å². The number of anilines is 1. The van der Waals surface area contributed by atoms with Gasteiger partial charge in [0, 0.05) is 4.90 Å². The fraction of sp³-hybridized carbons (Fsp3) is 0.167. The summed E-state index contributed by atoms with van der Waals surface area (Å²) in [6, 6.07) is 12.0. The number of hydrogen-bond donors (Lipinski definition) is 1. The minimum Gasteiger partial charge on any atom is -0.302 e. The highest BCUT2D eigenvalue weighted by Crippen LogP contribution is 2.38. The minimum absolute atomic E-state index is 0.0497. The predicted octanol–water partition coefficient (Wildman–Crippen LogP) is 5.53. The standard InChI is InChI=1S/C18H15N3OS4/c1-23-11-5-3-10(4-6-11)9-14(22)21-17-19-12-7-8-13-16(15(12)25-17)26-18(20-13)24-2/h3-8H,9H2,1-2H3,(H,19,21,22). The number of benzene rings is 2. The summed E-state index contributed by atoms with van der Waals surface area (Å²) in [5.41, 5.74) is 2.89. The quantitative estimate of drug-likeness (QED) is 0.433. The third kappa shape index (κ3) is 3.59. The second-order valence-electron chi connectivity index (χ2n) is 5.54. The number of thiazole rings is 2. The maximum Gasteiger partial charge on any atom is 0.230 e. The molecule has 0 aliphatic heterocycles. The zero-order valence-electron chi connectivity index (χ0n) is 14.1. The summed E-state index contributed by atoms with van der Waals surface area (Å²) in [6.45, 7) is 0. The largest absolute Gasteiger partial charge is 0.302 e. The van der Waals surface area contributed by atoms with Crippen LogP contribution < -0.4 is 5.32 Å². The van der Waals surface area contributed by atoms with Gasteiger partial charge in [0.1, 0.15) is 0 Å². The molecule has 0 aliphatic carbocycles. The van der Waals surface area contributed by atoms with E-state index in [0.717, 1.165) is 30.3 Å². The van der Waals surface area contributed by atoms with Crippen molar-refractivity contribution in [3.63, 3.8) is 0 Å². The number of thioether (sulfide) groups is 2. The summed E-state index contributed by atoms with van der Waals surface area (Å²) in [5, 5.41) is 3.57. The lowest BCUT2D eigenvalue weighted by molar-refractivity contribution is -0.115. The van der Waals surface area contributed by atoms with Gasteiger partial charge in [-0.2, -0.15) is 0 Å². The first-order chi connectivity index (χ1) is 12.7. The summed E-state index contributed by atoms with van der Waals surface area (Å²) in [5.74, 6) is -0.0497. The molecule has 4 nitrogen and oxygen atoms in total. The molecule has 1 N–H and O–H groups in total. The van der Waals surface area contributed by atoms with E-state index < -0.39 is 0 Å². The van der Waals surface area contributed by atoms with Crippen molar-refractivity contribution < 1.29 is 4.79 Å². The van der Waals surface area contributed by atoms with Gasteiger partial charge < -0.3 is 5.32 Å². The zero-order valence-corrected chi connectivity index (χ0v) is 17.4. The Balaban J connectivity index is 1.55. The molecular weight excluding hydrogens is 402 g/mol. The molecule has 0 fully saturated rings. The van der Waals surface area contributed by atoms with Crippen molar-refractivity contribution >= 4 is 77.7 Å². The van der Waals surface area contributed by atoms with Gasteiger partial charge in [-0.1, -0.05) is 35.2 Å². The highest BCUT2D eigenvalue weighted by Gasteiger charge is 2.13. The van der Waals surface area contributed by atoms with E-state index in [1.807, 2.05) is 48.9 Å². The maximum absolute atomic E-state index is 12.4. The number of nitrogens with one attached hydrogen (secondary N) is 1. The van der Waals surface area contributed by atoms with Crippen LogP contribution in [0, 0.1) is 0 Å². The normalized spacial score (nSPS) is 11.3. The van der Waals surface area contributed by atoms with Crippen molar-refractivity contribution in [2.75, 3.05) is 17.8 Å². The van der Waals surface area contributed by atoms with Gasteiger partial charge in [0.25, 0.3) is 0 Å². The van der Waals surface area contributed by atoms with Gasteiger partial charge in [-0.05, 0) is 42.3 Å². The van der Waals surface area contributed by atoms with Crippen LogP contribution in [0.15, 0.2) is 45.6 Å². The van der Waals surface area contributed by atoms with Gasteiger partial charge in [-0.15, -0.1) is 23.1 Å². The maximum atomic E-state index is 12.4. The Morgan fingerprint density at radius 1 is 0.962 bits per heavy atom. The summed E-state index contributed by atoms with van der Waals surface area (Å²) >= 11 is 6.52. The number of carbonyl (C=O) groups is 1. The summed E-state index contributed by atoms with van der Waals surface area (Å²) < 4.78 is 3.26. The molecule has 0 aliphatic rings. The van der Waals surface area contributed by atoms with Crippen LogP contribution in [0.4, 0.5) is 5.13 Å². The van der Waals surface area contributed by atoms with Gasteiger partial charge >= 0.3 is 0 Å². The molecular formula is C18H15N3OS4. The number of nitrogens with zero attached hydrogens (tertiary/aromatic N) is 2. The molecule has 8 heteroatoms. The van der Waals surface area contributed by atoms with E-state index in [1.54, 1.807) is 34.9 Å². The molecule has 0 spiro atoms. The van der Waals surface area contributed by atoms with E-state index in [4.69, 9.17) is 0 Å². The van der Waals surface area contributed by atoms with E-state index in [0.29, 0.717) is 11.6 Å². The number of aromatic nitrogens is 2. The average molecular weight is 418 g/mol. The molecule has 4 aromatic rings. The molecule has 0 atom stereocenters. The zero-order chi connectivity index (χ0) is 18.1. The predicted molar refractivity (Wildman–Crippen MR) is 115 cm³/mol. The van der Waals surface area contributed by atoms with E-state index in [1.165, 1.54) is 16.2 Å². The molecule has 0 saturated carbocycles. The van der Waals surface area contributed by atoms with Gasteiger partial charge in [0.2, 0.25) is 5.91 Å². The Labute approximate surface area is 167 Å². The molecule has 2 aromatic heterocycles. The smallest absolute Gasteiger partial charge is 0.230 e. The third-order valence-electron chi connectivity index (χ3n) is 3.84. The van der Waals surface area contributed by atoms with Crippen LogP contribution in [-0.2, 0) is 11.2 Å². The molecule has 0 bridgehead atoms. The van der Waals surface area contributed by atoms with Crippen molar-refractivity contribution in [3.05, 3.63) is 42.0 Å². The number of fused-ring (bicyclic) bond motifs is 3. The fourth-order valence-electron chi connectivity index (χ4n) is 2.59. The van der Waals surface area contributed by atoms with Crippen molar-refractivity contribution in [1.82, 2.24) is 9.97 Å². The molecule has 1 amide bonds. The van der Waals surface area contributed by atoms with Gasteiger partial charge in [0.05, 0.1) is 26.9 Å². The van der Waals surface area contributed by atoms with Gasteiger partial charge in [-0.3, -0.25) is 4.79 Å². The number of rotatable bonds is 5. The topological polar surface area (TPSA) is 54.9 Å². The second kappa shape index (κ2) is 7.56. The van der Waals surface area contributed by atoms with E-state index in [9.17, 15) is 4.79 Å². The minimum atomic E-state index is -0.0497. The Morgan fingerprint density at radius 2 is 1.65 bits per heavy atom. The van der Waals surface area contributed by atoms with Crippen LogP contribution in [0.2, 0.25) is 0 Å². The monoisotopic (exact) mass is 417 g/mol. The highest BCUT2D eigenvalue weighted by molar-refractivity contribution is 8.00. The van der Waals surface area contributed by atoms with E-state index in [2.05, 4.69) is 15.3 Å². The van der Waals surface area contributed by atoms with Crippen LogP contribution >= 0.6 is 46.2 Å². The van der Waals surface area contributed by atoms with Crippen LogP contribution in [0.3, 0.4) is 0 Å². The summed E-state index contributed by atoms with van der Waals surface area (Å²) in [6.07, 6.45) is 4.41.